The van der Waals surface area contributed by atoms with Crippen molar-refractivity contribution in [3.05, 3.63) is 102 Å². The van der Waals surface area contributed by atoms with Crippen LogP contribution in [0, 0.1) is 0 Å². The zero-order chi connectivity index (χ0) is 28.4. The summed E-state index contributed by atoms with van der Waals surface area (Å²) in [5.41, 5.74) is 17.9. The minimum absolute atomic E-state index is 0.0342. The number of amides is 1. The quantitative estimate of drug-likeness (QED) is 0.284. The molecule has 0 aliphatic carbocycles. The maximum absolute atomic E-state index is 14.1. The summed E-state index contributed by atoms with van der Waals surface area (Å²) >= 11 is 0. The van der Waals surface area contributed by atoms with E-state index in [2.05, 4.69) is 15.2 Å². The van der Waals surface area contributed by atoms with Gasteiger partial charge in [-0.25, -0.2) is 0 Å². The number of nitrogen functional groups attached to an aromatic ring is 1. The predicted octanol–water partition coefficient (Wildman–Crippen LogP) is 5.76. The Labute approximate surface area is 239 Å². The predicted molar refractivity (Wildman–Crippen MR) is 161 cm³/mol. The maximum Gasteiger partial charge on any atom is 0.254 e. The lowest BCUT2D eigenvalue weighted by Crippen LogP contribution is -2.37. The highest BCUT2D eigenvalue weighted by atomic mass is 16.4. The molecule has 3 heterocycles. The summed E-state index contributed by atoms with van der Waals surface area (Å²) in [6.07, 6.45) is 8.11. The van der Waals surface area contributed by atoms with Crippen LogP contribution in [0.1, 0.15) is 54.4 Å². The highest BCUT2D eigenvalue weighted by Crippen LogP contribution is 2.35. The number of anilines is 1. The van der Waals surface area contributed by atoms with Gasteiger partial charge in [-0.05, 0) is 80.0 Å². The molecule has 0 spiro atoms. The first-order valence-corrected chi connectivity index (χ1v) is 14.1. The van der Waals surface area contributed by atoms with Gasteiger partial charge in [0.05, 0.1) is 11.6 Å². The van der Waals surface area contributed by atoms with Gasteiger partial charge in [-0.1, -0.05) is 48.5 Å². The Balaban J connectivity index is 1.37. The molecule has 2 atom stereocenters. The molecule has 4 N–H and O–H groups in total. The van der Waals surface area contributed by atoms with E-state index in [1.165, 1.54) is 5.57 Å². The topological polar surface area (TPSA) is 124 Å². The van der Waals surface area contributed by atoms with Gasteiger partial charge in [0.25, 0.3) is 5.91 Å². The van der Waals surface area contributed by atoms with E-state index in [1.807, 2.05) is 97.0 Å². The molecule has 0 radical (unpaired) electrons. The van der Waals surface area contributed by atoms with Gasteiger partial charge in [-0.15, -0.1) is 10.2 Å². The molecule has 2 aliphatic rings. The minimum atomic E-state index is -0.869. The minimum Gasteiger partial charge on any atom is -0.419 e. The number of rotatable bonds is 7. The van der Waals surface area contributed by atoms with Crippen LogP contribution < -0.4 is 11.5 Å². The monoisotopic (exact) mass is 546 g/mol. The molecular weight excluding hydrogens is 512 g/mol. The average Bonchev–Trinajstić information content (AvgIpc) is 3.69. The lowest BCUT2D eigenvalue weighted by Gasteiger charge is -2.28. The second kappa shape index (κ2) is 11.1. The lowest BCUT2D eigenvalue weighted by atomic mass is 9.94. The molecular formula is C33H34N6O2. The van der Waals surface area contributed by atoms with Gasteiger partial charge >= 0.3 is 0 Å². The van der Waals surface area contributed by atoms with Crippen LogP contribution in [0.25, 0.3) is 22.6 Å². The fraction of sp³-hybridized carbons (Fsp3) is 0.273. The zero-order valence-corrected chi connectivity index (χ0v) is 23.2. The number of nitrogens with zero attached hydrogens (tertiary/aromatic N) is 4. The fourth-order valence-corrected chi connectivity index (χ4v) is 5.79. The molecule has 1 aromatic heterocycles. The van der Waals surface area contributed by atoms with Crippen LogP contribution in [-0.2, 0) is 12.0 Å². The maximum atomic E-state index is 14.1. The summed E-state index contributed by atoms with van der Waals surface area (Å²) in [5.74, 6) is 0.601. The average molecular weight is 547 g/mol. The molecule has 3 aromatic carbocycles. The van der Waals surface area contributed by atoms with Gasteiger partial charge in [-0.3, -0.25) is 9.79 Å². The normalized spacial score (nSPS) is 18.2. The van der Waals surface area contributed by atoms with E-state index in [4.69, 9.17) is 15.9 Å². The molecule has 1 amide bonds. The molecule has 0 bridgehead atoms. The molecule has 41 heavy (non-hydrogen) atoms. The summed E-state index contributed by atoms with van der Waals surface area (Å²) in [6.45, 7) is 2.58. The molecule has 1 unspecified atom stereocenters. The van der Waals surface area contributed by atoms with Crippen LogP contribution in [0.4, 0.5) is 5.69 Å². The smallest absolute Gasteiger partial charge is 0.254 e. The Morgan fingerprint density at radius 2 is 1.83 bits per heavy atom. The Kier molecular flexibility index (Phi) is 7.24. The van der Waals surface area contributed by atoms with Gasteiger partial charge in [0.2, 0.25) is 11.8 Å². The largest absolute Gasteiger partial charge is 0.419 e. The Bertz CT molecular complexity index is 1620. The zero-order valence-electron chi connectivity index (χ0n) is 23.2. The number of aromatic nitrogens is 2. The van der Waals surface area contributed by atoms with Crippen molar-refractivity contribution < 1.29 is 9.21 Å². The molecule has 6 rings (SSSR count). The van der Waals surface area contributed by atoms with Crippen molar-refractivity contribution >= 4 is 17.8 Å². The van der Waals surface area contributed by atoms with Crippen molar-refractivity contribution in [3.8, 4) is 22.6 Å². The number of aliphatic imine (C=N–C) groups is 1. The number of carbonyl (C=O) groups is 1. The summed E-state index contributed by atoms with van der Waals surface area (Å²) in [6, 6.07) is 23.3. The van der Waals surface area contributed by atoms with Gasteiger partial charge in [0, 0.05) is 41.3 Å². The molecule has 208 valence electrons. The molecule has 2 aliphatic heterocycles. The van der Waals surface area contributed by atoms with E-state index in [9.17, 15) is 4.79 Å². The van der Waals surface area contributed by atoms with Crippen LogP contribution in [0.2, 0.25) is 0 Å². The van der Waals surface area contributed by atoms with E-state index in [0.29, 0.717) is 41.6 Å². The summed E-state index contributed by atoms with van der Waals surface area (Å²) in [5, 5.41) is 8.68. The molecule has 4 aromatic rings. The standard InChI is InChI=1S/C33H34N6O2/c1-33(35,20-22-9-3-2-4-10-22)32-38-37-30(41-32)25-17-24(27-12-5-6-13-28(27)34)18-26(19-25)31(40)39-16-8-14-29(39)23-11-7-15-36-21-23/h2-6,9-10,12-13,15,17-19,21,29H,7-8,11,14,16,20,34-35H2,1H3/t29?,33-/m1/s1. The summed E-state index contributed by atoms with van der Waals surface area (Å²) in [7, 11) is 0. The van der Waals surface area contributed by atoms with Crippen molar-refractivity contribution in [2.75, 3.05) is 12.3 Å². The fourth-order valence-electron chi connectivity index (χ4n) is 5.79. The molecule has 8 heteroatoms. The molecule has 8 nitrogen and oxygen atoms in total. The van der Waals surface area contributed by atoms with Crippen molar-refractivity contribution in [1.82, 2.24) is 15.1 Å². The highest BCUT2D eigenvalue weighted by molar-refractivity contribution is 5.98. The van der Waals surface area contributed by atoms with Crippen LogP contribution in [0.15, 0.2) is 94.0 Å². The molecule has 0 saturated carbocycles. The lowest BCUT2D eigenvalue weighted by molar-refractivity contribution is 0.0754. The van der Waals surface area contributed by atoms with Crippen molar-refractivity contribution in [2.24, 2.45) is 10.7 Å². The van der Waals surface area contributed by atoms with E-state index in [0.717, 1.165) is 42.4 Å². The van der Waals surface area contributed by atoms with E-state index in [-0.39, 0.29) is 11.9 Å². The number of benzene rings is 3. The van der Waals surface area contributed by atoms with Crippen molar-refractivity contribution in [3.63, 3.8) is 0 Å². The van der Waals surface area contributed by atoms with Crippen LogP contribution in [-0.4, -0.2) is 39.8 Å². The number of carbonyl (C=O) groups excluding carboxylic acids is 1. The number of hydrogen-bond donors (Lipinski definition) is 2. The second-order valence-electron chi connectivity index (χ2n) is 11.1. The van der Waals surface area contributed by atoms with Crippen molar-refractivity contribution in [2.45, 2.75) is 50.6 Å². The van der Waals surface area contributed by atoms with E-state index < -0.39 is 5.54 Å². The van der Waals surface area contributed by atoms with E-state index >= 15 is 0 Å². The van der Waals surface area contributed by atoms with Gasteiger partial charge in [0.1, 0.15) is 0 Å². The number of likely N-dealkylation sites (tertiary alicyclic amines) is 1. The first-order valence-electron chi connectivity index (χ1n) is 14.1. The first-order chi connectivity index (χ1) is 19.9. The van der Waals surface area contributed by atoms with Crippen LogP contribution in [0.5, 0.6) is 0 Å². The SMILES string of the molecule is C[C@@](N)(Cc1ccccc1)c1nnc(-c2cc(C(=O)N3CCCC3C3=CN=CCC3)cc(-c3ccccc3N)c2)o1. The highest BCUT2D eigenvalue weighted by Gasteiger charge is 2.33. The van der Waals surface area contributed by atoms with Crippen LogP contribution >= 0.6 is 0 Å². The van der Waals surface area contributed by atoms with Gasteiger partial charge in [0.15, 0.2) is 0 Å². The Morgan fingerprint density at radius 1 is 1.05 bits per heavy atom. The molecule has 1 saturated heterocycles. The third kappa shape index (κ3) is 5.56. The van der Waals surface area contributed by atoms with Crippen molar-refractivity contribution in [1.29, 1.82) is 0 Å². The summed E-state index contributed by atoms with van der Waals surface area (Å²) < 4.78 is 6.18. The number of para-hydroxylation sites is 1. The third-order valence-corrected chi connectivity index (χ3v) is 7.88. The first kappa shape index (κ1) is 26.7. The third-order valence-electron chi connectivity index (χ3n) is 7.88. The Hall–Kier alpha value is -4.56. The van der Waals surface area contributed by atoms with Crippen LogP contribution in [0.3, 0.4) is 0 Å². The van der Waals surface area contributed by atoms with Gasteiger partial charge < -0.3 is 20.8 Å². The second-order valence-corrected chi connectivity index (χ2v) is 11.1. The summed E-state index contributed by atoms with van der Waals surface area (Å²) in [4.78, 5) is 20.4. The molecule has 1 fully saturated rings. The van der Waals surface area contributed by atoms with Gasteiger partial charge in [-0.2, -0.15) is 0 Å². The number of hydrogen-bond acceptors (Lipinski definition) is 7. The van der Waals surface area contributed by atoms with E-state index in [1.54, 1.807) is 0 Å². The number of nitrogens with two attached hydrogens (primary N) is 2. The Morgan fingerprint density at radius 3 is 2.61 bits per heavy atom.